The van der Waals surface area contributed by atoms with Gasteiger partial charge in [0.1, 0.15) is 0 Å². The summed E-state index contributed by atoms with van der Waals surface area (Å²) in [4.78, 5) is 12.4. The molecule has 0 aromatic rings. The molecule has 238 valence electrons. The van der Waals surface area contributed by atoms with Crippen molar-refractivity contribution >= 4 is 5.78 Å². The highest BCUT2D eigenvalue weighted by atomic mass is 16.3. The molecule has 41 heavy (non-hydrogen) atoms. The number of rotatable bonds is 17. The van der Waals surface area contributed by atoms with Gasteiger partial charge in [0, 0.05) is 12.5 Å². The standard InChI is InChI=1S/C36H67N3O2/c1-26(2)31(40)16-19-35(5,6)33-14-13-30-29(12-10-17-36(30,33)7)32(41)25-27-24-28(15-18-34(27,3)4)39-23-11-22-38-21-9-8-20-37/h27-30,32-33,38-39,41H,1,8-25,37H2,2-7H3/t27-,28+,29?,30?,32-,33?,36+/m1/s1. The first-order valence-electron chi connectivity index (χ1n) is 17.3. The van der Waals surface area contributed by atoms with Crippen molar-refractivity contribution in [2.24, 2.45) is 45.7 Å². The Bertz CT molecular complexity index is 839. The summed E-state index contributed by atoms with van der Waals surface area (Å²) in [5, 5.41) is 19.3. The molecule has 0 aromatic carbocycles. The maximum absolute atomic E-state index is 12.4. The highest BCUT2D eigenvalue weighted by Gasteiger charge is 2.56. The summed E-state index contributed by atoms with van der Waals surface area (Å²) in [7, 11) is 0. The minimum atomic E-state index is -0.202. The van der Waals surface area contributed by atoms with Crippen LogP contribution in [0.15, 0.2) is 12.2 Å². The largest absolute Gasteiger partial charge is 0.393 e. The summed E-state index contributed by atoms with van der Waals surface area (Å²) in [6.45, 7) is 21.9. The van der Waals surface area contributed by atoms with Crippen LogP contribution in [0.2, 0.25) is 0 Å². The highest BCUT2D eigenvalue weighted by molar-refractivity contribution is 5.94. The van der Waals surface area contributed by atoms with Crippen molar-refractivity contribution in [3.05, 3.63) is 12.2 Å². The van der Waals surface area contributed by atoms with E-state index in [2.05, 4.69) is 51.8 Å². The monoisotopic (exact) mass is 574 g/mol. The summed E-state index contributed by atoms with van der Waals surface area (Å²) in [6.07, 6.45) is 15.6. The Labute approximate surface area is 253 Å². The van der Waals surface area contributed by atoms with Crippen LogP contribution in [0, 0.1) is 39.9 Å². The maximum Gasteiger partial charge on any atom is 0.158 e. The van der Waals surface area contributed by atoms with Crippen LogP contribution in [0.5, 0.6) is 0 Å². The number of aliphatic hydroxyl groups is 1. The van der Waals surface area contributed by atoms with E-state index in [1.54, 1.807) is 0 Å². The molecule has 0 spiro atoms. The average Bonchev–Trinajstić information content (AvgIpc) is 3.28. The molecule has 0 bridgehead atoms. The van der Waals surface area contributed by atoms with E-state index < -0.39 is 0 Å². The zero-order chi connectivity index (χ0) is 30.3. The number of aliphatic hydroxyl groups excluding tert-OH is 1. The van der Waals surface area contributed by atoms with Crippen LogP contribution in [0.3, 0.4) is 0 Å². The van der Waals surface area contributed by atoms with Gasteiger partial charge in [0.05, 0.1) is 6.10 Å². The molecule has 3 aliphatic rings. The number of nitrogens with one attached hydrogen (secondary N) is 2. The van der Waals surface area contributed by atoms with Gasteiger partial charge in [-0.25, -0.2) is 0 Å². The van der Waals surface area contributed by atoms with Gasteiger partial charge < -0.3 is 21.5 Å². The zero-order valence-corrected chi connectivity index (χ0v) is 27.8. The zero-order valence-electron chi connectivity index (χ0n) is 27.8. The first kappa shape index (κ1) is 34.7. The molecule has 7 atom stereocenters. The molecule has 3 saturated carbocycles. The summed E-state index contributed by atoms with van der Waals surface area (Å²) in [5.41, 5.74) is 6.96. The second-order valence-electron chi connectivity index (χ2n) is 16.0. The van der Waals surface area contributed by atoms with E-state index in [0.29, 0.717) is 41.7 Å². The predicted octanol–water partition coefficient (Wildman–Crippen LogP) is 7.02. The van der Waals surface area contributed by atoms with Crippen LogP contribution in [-0.2, 0) is 4.79 Å². The van der Waals surface area contributed by atoms with Gasteiger partial charge in [-0.3, -0.25) is 4.79 Å². The Kier molecular flexibility index (Phi) is 13.0. The van der Waals surface area contributed by atoms with E-state index in [1.165, 1.54) is 57.8 Å². The lowest BCUT2D eigenvalue weighted by atomic mass is 9.54. The number of Topliss-reactive ketones (excluding diaryl/α,β-unsaturated/α-hetero) is 1. The van der Waals surface area contributed by atoms with Gasteiger partial charge in [-0.05, 0) is 156 Å². The van der Waals surface area contributed by atoms with Crippen molar-refractivity contribution in [3.8, 4) is 0 Å². The molecule has 3 fully saturated rings. The summed E-state index contributed by atoms with van der Waals surface area (Å²) in [5.74, 6) is 2.41. The first-order chi connectivity index (χ1) is 19.3. The number of allylic oxidation sites excluding steroid dienone is 1. The maximum atomic E-state index is 12.4. The number of hydrogen-bond acceptors (Lipinski definition) is 5. The van der Waals surface area contributed by atoms with Crippen LogP contribution >= 0.6 is 0 Å². The molecule has 5 nitrogen and oxygen atoms in total. The quantitative estimate of drug-likeness (QED) is 0.111. The number of nitrogens with two attached hydrogens (primary N) is 1. The molecule has 3 rings (SSSR count). The molecular formula is C36H67N3O2. The number of hydrogen-bond donors (Lipinski definition) is 4. The Hall–Kier alpha value is -0.750. The molecule has 5 heteroatoms. The van der Waals surface area contributed by atoms with Crippen LogP contribution < -0.4 is 16.4 Å². The predicted molar refractivity (Wildman–Crippen MR) is 174 cm³/mol. The lowest BCUT2D eigenvalue weighted by Gasteiger charge is -2.51. The smallest absolute Gasteiger partial charge is 0.158 e. The van der Waals surface area contributed by atoms with E-state index in [4.69, 9.17) is 5.73 Å². The lowest BCUT2D eigenvalue weighted by Crippen LogP contribution is -2.47. The van der Waals surface area contributed by atoms with Gasteiger partial charge in [0.25, 0.3) is 0 Å². The molecule has 5 N–H and O–H groups in total. The first-order valence-corrected chi connectivity index (χ1v) is 17.3. The molecule has 0 aliphatic heterocycles. The van der Waals surface area contributed by atoms with Crippen molar-refractivity contribution < 1.29 is 9.90 Å². The Morgan fingerprint density at radius 1 is 1.05 bits per heavy atom. The Morgan fingerprint density at radius 2 is 1.78 bits per heavy atom. The van der Waals surface area contributed by atoms with Gasteiger partial charge in [0.15, 0.2) is 5.78 Å². The molecule has 0 heterocycles. The van der Waals surface area contributed by atoms with Crippen LogP contribution in [0.1, 0.15) is 131 Å². The summed E-state index contributed by atoms with van der Waals surface area (Å²) >= 11 is 0. The number of carbonyl (C=O) groups is 1. The molecule has 0 aromatic heterocycles. The number of carbonyl (C=O) groups excluding carboxylic acids is 1. The normalized spacial score (nSPS) is 32.4. The second kappa shape index (κ2) is 15.3. The van der Waals surface area contributed by atoms with Gasteiger partial charge in [-0.1, -0.05) is 47.6 Å². The second-order valence-corrected chi connectivity index (χ2v) is 16.0. The fourth-order valence-electron chi connectivity index (χ4n) is 9.45. The van der Waals surface area contributed by atoms with E-state index in [9.17, 15) is 9.90 Å². The molecule has 3 unspecified atom stereocenters. The van der Waals surface area contributed by atoms with Gasteiger partial charge in [0.2, 0.25) is 0 Å². The van der Waals surface area contributed by atoms with Gasteiger partial charge in [-0.2, -0.15) is 0 Å². The van der Waals surface area contributed by atoms with E-state index in [-0.39, 0.29) is 28.1 Å². The fraction of sp³-hybridized carbons (Fsp3) is 0.917. The Balaban J connectivity index is 1.55. The number of fused-ring (bicyclic) bond motifs is 1. The molecule has 0 radical (unpaired) electrons. The van der Waals surface area contributed by atoms with Crippen molar-refractivity contribution in [1.82, 2.24) is 10.6 Å². The summed E-state index contributed by atoms with van der Waals surface area (Å²) in [6, 6.07) is 0.577. The molecule has 0 amide bonds. The van der Waals surface area contributed by atoms with Crippen molar-refractivity contribution in [1.29, 1.82) is 0 Å². The third-order valence-corrected chi connectivity index (χ3v) is 12.2. The average molecular weight is 574 g/mol. The van der Waals surface area contributed by atoms with Crippen molar-refractivity contribution in [2.45, 2.75) is 144 Å². The molecule has 3 aliphatic carbocycles. The lowest BCUT2D eigenvalue weighted by molar-refractivity contribution is -0.116. The van der Waals surface area contributed by atoms with Gasteiger partial charge >= 0.3 is 0 Å². The van der Waals surface area contributed by atoms with Crippen LogP contribution in [-0.4, -0.2) is 49.2 Å². The van der Waals surface area contributed by atoms with E-state index in [1.807, 2.05) is 6.92 Å². The minimum absolute atomic E-state index is 0.131. The van der Waals surface area contributed by atoms with E-state index in [0.717, 1.165) is 51.9 Å². The van der Waals surface area contributed by atoms with E-state index >= 15 is 0 Å². The van der Waals surface area contributed by atoms with Crippen LogP contribution in [0.25, 0.3) is 0 Å². The number of ketones is 1. The highest BCUT2D eigenvalue weighted by Crippen LogP contribution is 2.63. The third-order valence-electron chi connectivity index (χ3n) is 12.2. The van der Waals surface area contributed by atoms with Crippen molar-refractivity contribution in [2.75, 3.05) is 26.2 Å². The summed E-state index contributed by atoms with van der Waals surface area (Å²) < 4.78 is 0. The van der Waals surface area contributed by atoms with Crippen molar-refractivity contribution in [3.63, 3.8) is 0 Å². The SMILES string of the molecule is C=C(C)C(=O)CCC(C)(C)C1CCC2C([C@H](O)C[C@H]3C[C@@H](NCCCNCCCCN)CCC3(C)C)CCC[C@@]21C. The fourth-order valence-corrected chi connectivity index (χ4v) is 9.45. The topological polar surface area (TPSA) is 87.4 Å². The third kappa shape index (κ3) is 9.13. The number of unbranched alkanes of at least 4 members (excludes halogenated alkanes) is 1. The van der Waals surface area contributed by atoms with Crippen LogP contribution in [0.4, 0.5) is 0 Å². The minimum Gasteiger partial charge on any atom is -0.393 e. The van der Waals surface area contributed by atoms with Gasteiger partial charge in [-0.15, -0.1) is 0 Å². The Morgan fingerprint density at radius 3 is 2.49 bits per heavy atom. The molecular weight excluding hydrogens is 506 g/mol. The molecule has 0 saturated heterocycles.